The molecule has 1 amide bonds. The third kappa shape index (κ3) is 6.10. The maximum absolute atomic E-state index is 12.6. The molecular weight excluding hydrogens is 353 g/mol. The fourth-order valence-corrected chi connectivity index (χ4v) is 2.84. The average molecular weight is 378 g/mol. The Hall–Kier alpha value is -2.34. The van der Waals surface area contributed by atoms with Gasteiger partial charge in [0.05, 0.1) is 18.0 Å². The van der Waals surface area contributed by atoms with Crippen molar-refractivity contribution >= 4 is 5.91 Å². The number of alkyl halides is 3. The molecule has 146 valence electrons. The topological polar surface area (TPSA) is 32.3 Å². The summed E-state index contributed by atoms with van der Waals surface area (Å²) in [4.78, 5) is 14.2. The van der Waals surface area contributed by atoms with Crippen LogP contribution in [0.4, 0.5) is 13.2 Å². The molecule has 0 spiro atoms. The standard InChI is InChI=1S/C21H25F3N2O/c1-4-15-5-9-17(10-6-15)19(26(2)3)14-25-20(27)13-16-7-11-18(12-8-16)21(22,23)24/h5-12,19H,4,13-14H2,1-3H3,(H,25,27)/t19-/m1/s1. The summed E-state index contributed by atoms with van der Waals surface area (Å²) in [6.45, 7) is 2.53. The van der Waals surface area contributed by atoms with Crippen LogP contribution < -0.4 is 5.32 Å². The number of carbonyl (C=O) groups is 1. The van der Waals surface area contributed by atoms with E-state index in [1.54, 1.807) is 0 Å². The molecule has 0 heterocycles. The number of nitrogens with zero attached hydrogens (tertiary/aromatic N) is 1. The van der Waals surface area contributed by atoms with Gasteiger partial charge in [-0.25, -0.2) is 0 Å². The summed E-state index contributed by atoms with van der Waals surface area (Å²) >= 11 is 0. The van der Waals surface area contributed by atoms with Crippen molar-refractivity contribution in [3.05, 3.63) is 70.8 Å². The SMILES string of the molecule is CCc1ccc([C@@H](CNC(=O)Cc2ccc(C(F)(F)F)cc2)N(C)C)cc1. The second-order valence-electron chi connectivity index (χ2n) is 6.75. The Labute approximate surface area is 158 Å². The molecule has 0 aromatic heterocycles. The summed E-state index contributed by atoms with van der Waals surface area (Å²) in [5.74, 6) is -0.216. The van der Waals surface area contributed by atoms with E-state index in [2.05, 4.69) is 36.5 Å². The number of aryl methyl sites for hydroxylation is 1. The number of carbonyl (C=O) groups excluding carboxylic acids is 1. The number of nitrogens with one attached hydrogen (secondary N) is 1. The number of hydrogen-bond donors (Lipinski definition) is 1. The largest absolute Gasteiger partial charge is 0.416 e. The number of amides is 1. The molecule has 2 rings (SSSR count). The normalized spacial score (nSPS) is 12.9. The van der Waals surface area contributed by atoms with Gasteiger partial charge in [-0.3, -0.25) is 4.79 Å². The summed E-state index contributed by atoms with van der Waals surface area (Å²) in [7, 11) is 3.89. The molecule has 0 saturated heterocycles. The summed E-state index contributed by atoms with van der Waals surface area (Å²) in [5.41, 5.74) is 2.19. The highest BCUT2D eigenvalue weighted by Crippen LogP contribution is 2.29. The van der Waals surface area contributed by atoms with E-state index in [0.717, 1.165) is 24.1 Å². The zero-order valence-corrected chi connectivity index (χ0v) is 15.8. The molecule has 1 N–H and O–H groups in total. The van der Waals surface area contributed by atoms with Crippen LogP contribution >= 0.6 is 0 Å². The third-order valence-electron chi connectivity index (χ3n) is 4.53. The molecule has 0 radical (unpaired) electrons. The van der Waals surface area contributed by atoms with E-state index in [1.165, 1.54) is 17.7 Å². The van der Waals surface area contributed by atoms with Crippen LogP contribution in [0, 0.1) is 0 Å². The maximum Gasteiger partial charge on any atom is 0.416 e. The fraction of sp³-hybridized carbons (Fsp3) is 0.381. The maximum atomic E-state index is 12.6. The van der Waals surface area contributed by atoms with Gasteiger partial charge < -0.3 is 10.2 Å². The van der Waals surface area contributed by atoms with Crippen LogP contribution in [-0.2, 0) is 23.8 Å². The van der Waals surface area contributed by atoms with E-state index in [4.69, 9.17) is 0 Å². The van der Waals surface area contributed by atoms with Crippen molar-refractivity contribution in [2.75, 3.05) is 20.6 Å². The lowest BCUT2D eigenvalue weighted by Gasteiger charge is -2.25. The molecule has 1 atom stereocenters. The molecular formula is C21H25F3N2O. The second kappa shape index (κ2) is 9.04. The molecule has 0 fully saturated rings. The minimum absolute atomic E-state index is 0.0208. The highest BCUT2D eigenvalue weighted by atomic mass is 19.4. The van der Waals surface area contributed by atoms with Gasteiger partial charge in [0.25, 0.3) is 0 Å². The van der Waals surface area contributed by atoms with Crippen LogP contribution in [0.15, 0.2) is 48.5 Å². The van der Waals surface area contributed by atoms with Gasteiger partial charge in [-0.05, 0) is 49.3 Å². The van der Waals surface area contributed by atoms with Gasteiger partial charge in [0.1, 0.15) is 0 Å². The van der Waals surface area contributed by atoms with Gasteiger partial charge in [0.2, 0.25) is 5.91 Å². The quantitative estimate of drug-likeness (QED) is 0.782. The van der Waals surface area contributed by atoms with Crippen LogP contribution in [0.1, 0.15) is 35.2 Å². The van der Waals surface area contributed by atoms with Gasteiger partial charge in [0.15, 0.2) is 0 Å². The first-order chi connectivity index (χ1) is 12.7. The Kier molecular flexibility index (Phi) is 7.02. The minimum Gasteiger partial charge on any atom is -0.354 e. The molecule has 0 bridgehead atoms. The van der Waals surface area contributed by atoms with Crippen LogP contribution in [-0.4, -0.2) is 31.4 Å². The van der Waals surface area contributed by atoms with Crippen molar-refractivity contribution in [1.82, 2.24) is 10.2 Å². The monoisotopic (exact) mass is 378 g/mol. The van der Waals surface area contributed by atoms with Gasteiger partial charge in [0, 0.05) is 6.54 Å². The molecule has 0 aliphatic heterocycles. The Balaban J connectivity index is 1.95. The van der Waals surface area contributed by atoms with E-state index < -0.39 is 11.7 Å². The van der Waals surface area contributed by atoms with Gasteiger partial charge in [-0.2, -0.15) is 13.2 Å². The minimum atomic E-state index is -4.37. The van der Waals surface area contributed by atoms with Crippen molar-refractivity contribution in [2.45, 2.75) is 32.0 Å². The van der Waals surface area contributed by atoms with Crippen LogP contribution in [0.3, 0.4) is 0 Å². The molecule has 0 aliphatic carbocycles. The Bertz CT molecular complexity index is 738. The van der Waals surface area contributed by atoms with E-state index in [1.807, 2.05) is 19.0 Å². The zero-order valence-electron chi connectivity index (χ0n) is 15.8. The van der Waals surface area contributed by atoms with E-state index in [-0.39, 0.29) is 18.4 Å². The number of benzene rings is 2. The summed E-state index contributed by atoms with van der Waals surface area (Å²) in [6.07, 6.45) is -3.35. The Morgan fingerprint density at radius 2 is 1.56 bits per heavy atom. The predicted octanol–water partition coefficient (Wildman–Crippen LogP) is 4.23. The number of halogens is 3. The lowest BCUT2D eigenvalue weighted by atomic mass is 10.0. The summed E-state index contributed by atoms with van der Waals surface area (Å²) < 4.78 is 37.8. The fourth-order valence-electron chi connectivity index (χ4n) is 2.84. The first-order valence-electron chi connectivity index (χ1n) is 8.88. The van der Waals surface area contributed by atoms with Crippen molar-refractivity contribution in [3.63, 3.8) is 0 Å². The van der Waals surface area contributed by atoms with Crippen molar-refractivity contribution in [3.8, 4) is 0 Å². The van der Waals surface area contributed by atoms with E-state index in [0.29, 0.717) is 12.1 Å². The van der Waals surface area contributed by atoms with Gasteiger partial charge >= 0.3 is 6.18 Å². The van der Waals surface area contributed by atoms with Crippen molar-refractivity contribution in [2.24, 2.45) is 0 Å². The molecule has 0 saturated carbocycles. The van der Waals surface area contributed by atoms with Crippen molar-refractivity contribution < 1.29 is 18.0 Å². The molecule has 0 aliphatic rings. The van der Waals surface area contributed by atoms with Crippen LogP contribution in [0.25, 0.3) is 0 Å². The predicted molar refractivity (Wildman–Crippen MR) is 100 cm³/mol. The van der Waals surface area contributed by atoms with Gasteiger partial charge in [-0.1, -0.05) is 43.3 Å². The zero-order chi connectivity index (χ0) is 20.0. The number of likely N-dealkylation sites (N-methyl/N-ethyl adjacent to an activating group) is 1. The highest BCUT2D eigenvalue weighted by molar-refractivity contribution is 5.78. The summed E-state index contributed by atoms with van der Waals surface area (Å²) in [5, 5.41) is 2.88. The second-order valence-corrected chi connectivity index (χ2v) is 6.75. The molecule has 6 heteroatoms. The summed E-state index contributed by atoms with van der Waals surface area (Å²) in [6, 6.07) is 13.0. The van der Waals surface area contributed by atoms with Crippen molar-refractivity contribution in [1.29, 1.82) is 0 Å². The number of hydrogen-bond acceptors (Lipinski definition) is 2. The Morgan fingerprint density at radius 3 is 2.04 bits per heavy atom. The Morgan fingerprint density at radius 1 is 1.00 bits per heavy atom. The number of rotatable bonds is 7. The third-order valence-corrected chi connectivity index (χ3v) is 4.53. The highest BCUT2D eigenvalue weighted by Gasteiger charge is 2.30. The van der Waals surface area contributed by atoms with E-state index in [9.17, 15) is 18.0 Å². The van der Waals surface area contributed by atoms with E-state index >= 15 is 0 Å². The molecule has 3 nitrogen and oxygen atoms in total. The molecule has 2 aromatic rings. The lowest BCUT2D eigenvalue weighted by Crippen LogP contribution is -2.35. The van der Waals surface area contributed by atoms with Gasteiger partial charge in [-0.15, -0.1) is 0 Å². The molecule has 0 unspecified atom stereocenters. The smallest absolute Gasteiger partial charge is 0.354 e. The van der Waals surface area contributed by atoms with Crippen LogP contribution in [0.2, 0.25) is 0 Å². The van der Waals surface area contributed by atoms with Crippen LogP contribution in [0.5, 0.6) is 0 Å². The lowest BCUT2D eigenvalue weighted by molar-refractivity contribution is -0.137. The molecule has 27 heavy (non-hydrogen) atoms. The average Bonchev–Trinajstić information content (AvgIpc) is 2.62. The first-order valence-corrected chi connectivity index (χ1v) is 8.88. The molecule has 2 aromatic carbocycles. The first kappa shape index (κ1) is 21.0.